The Morgan fingerprint density at radius 2 is 1.82 bits per heavy atom. The molecule has 0 saturated carbocycles. The molecule has 144 valence electrons. The number of halogens is 1. The molecule has 0 aliphatic carbocycles. The second kappa shape index (κ2) is 7.52. The highest BCUT2D eigenvalue weighted by Gasteiger charge is 2.35. The molecule has 1 unspecified atom stereocenters. The van der Waals surface area contributed by atoms with E-state index in [2.05, 4.69) is 10.6 Å². The lowest BCUT2D eigenvalue weighted by Crippen LogP contribution is -2.28. The molecule has 0 spiro atoms. The van der Waals surface area contributed by atoms with Gasteiger partial charge in [-0.1, -0.05) is 23.7 Å². The van der Waals surface area contributed by atoms with Crippen LogP contribution in [0, 0.1) is 5.92 Å². The normalized spacial score (nSPS) is 19.1. The minimum absolute atomic E-state index is 0.122. The van der Waals surface area contributed by atoms with Crippen LogP contribution >= 0.6 is 11.6 Å². The predicted molar refractivity (Wildman–Crippen MR) is 108 cm³/mol. The lowest BCUT2D eigenvalue weighted by atomic mass is 10.1. The number of anilines is 3. The molecule has 2 aromatic carbocycles. The SMILES string of the molecule is O=C(Nc1ccc(N2CCNC2=O)cc1)C1CC(=O)N(c2ccccc2Cl)C1. The van der Waals surface area contributed by atoms with Crippen LogP contribution in [-0.4, -0.2) is 37.5 Å². The van der Waals surface area contributed by atoms with E-state index in [-0.39, 0.29) is 24.3 Å². The molecule has 2 aliphatic heterocycles. The smallest absolute Gasteiger partial charge is 0.321 e. The van der Waals surface area contributed by atoms with E-state index in [0.717, 1.165) is 5.69 Å². The summed E-state index contributed by atoms with van der Waals surface area (Å²) in [7, 11) is 0. The summed E-state index contributed by atoms with van der Waals surface area (Å²) in [6.45, 7) is 1.53. The van der Waals surface area contributed by atoms with Crippen molar-refractivity contribution in [2.45, 2.75) is 6.42 Å². The summed E-state index contributed by atoms with van der Waals surface area (Å²) >= 11 is 6.18. The highest BCUT2D eigenvalue weighted by molar-refractivity contribution is 6.33. The van der Waals surface area contributed by atoms with E-state index in [9.17, 15) is 14.4 Å². The number of carbonyl (C=O) groups excluding carboxylic acids is 3. The molecule has 2 N–H and O–H groups in total. The Kier molecular flexibility index (Phi) is 4.92. The van der Waals surface area contributed by atoms with Crippen LogP contribution in [0.15, 0.2) is 48.5 Å². The van der Waals surface area contributed by atoms with Gasteiger partial charge in [0.25, 0.3) is 0 Å². The van der Waals surface area contributed by atoms with Gasteiger partial charge in [-0.3, -0.25) is 14.5 Å². The molecule has 2 saturated heterocycles. The van der Waals surface area contributed by atoms with Crippen LogP contribution in [0.5, 0.6) is 0 Å². The van der Waals surface area contributed by atoms with E-state index in [1.807, 2.05) is 6.07 Å². The molecule has 1 atom stereocenters. The molecule has 2 fully saturated rings. The predicted octanol–water partition coefficient (Wildman–Crippen LogP) is 2.86. The van der Waals surface area contributed by atoms with Crippen molar-refractivity contribution >= 4 is 46.5 Å². The standard InChI is InChI=1S/C20H19ClN4O3/c21-16-3-1-2-4-17(16)25-12-13(11-18(25)26)19(27)23-14-5-7-15(8-6-14)24-10-9-22-20(24)28/h1-8,13H,9-12H2,(H,22,28)(H,23,27). The maximum absolute atomic E-state index is 12.6. The second-order valence-electron chi connectivity index (χ2n) is 6.78. The van der Waals surface area contributed by atoms with E-state index in [1.54, 1.807) is 52.3 Å². The number of benzene rings is 2. The van der Waals surface area contributed by atoms with Gasteiger partial charge in [-0.05, 0) is 36.4 Å². The summed E-state index contributed by atoms with van der Waals surface area (Å²) < 4.78 is 0. The molecule has 4 rings (SSSR count). The number of hydrogen-bond donors (Lipinski definition) is 2. The van der Waals surface area contributed by atoms with Gasteiger partial charge < -0.3 is 15.5 Å². The average Bonchev–Trinajstić information content (AvgIpc) is 3.29. The fourth-order valence-corrected chi connectivity index (χ4v) is 3.71. The first kappa shape index (κ1) is 18.3. The van der Waals surface area contributed by atoms with E-state index in [1.165, 1.54) is 0 Å². The number of amides is 4. The molecule has 0 bridgehead atoms. The first-order chi connectivity index (χ1) is 13.5. The monoisotopic (exact) mass is 398 g/mol. The third kappa shape index (κ3) is 3.53. The molecule has 2 aromatic rings. The Hall–Kier alpha value is -3.06. The minimum Gasteiger partial charge on any atom is -0.336 e. The van der Waals surface area contributed by atoms with Gasteiger partial charge in [0.2, 0.25) is 11.8 Å². The van der Waals surface area contributed by atoms with Gasteiger partial charge in [0.1, 0.15) is 0 Å². The summed E-state index contributed by atoms with van der Waals surface area (Å²) in [4.78, 5) is 39.9. The Bertz CT molecular complexity index is 931. The molecule has 8 heteroatoms. The topological polar surface area (TPSA) is 81.8 Å². The zero-order valence-corrected chi connectivity index (χ0v) is 15.8. The van der Waals surface area contributed by atoms with Crippen molar-refractivity contribution in [3.05, 3.63) is 53.6 Å². The quantitative estimate of drug-likeness (QED) is 0.830. The second-order valence-corrected chi connectivity index (χ2v) is 7.18. The molecule has 28 heavy (non-hydrogen) atoms. The van der Waals surface area contributed by atoms with Gasteiger partial charge in [-0.25, -0.2) is 4.79 Å². The molecular formula is C20H19ClN4O3. The molecule has 2 heterocycles. The highest BCUT2D eigenvalue weighted by atomic mass is 35.5. The van der Waals surface area contributed by atoms with E-state index < -0.39 is 5.92 Å². The number of rotatable bonds is 4. The highest BCUT2D eigenvalue weighted by Crippen LogP contribution is 2.31. The van der Waals surface area contributed by atoms with Gasteiger partial charge >= 0.3 is 6.03 Å². The minimum atomic E-state index is -0.451. The summed E-state index contributed by atoms with van der Waals surface area (Å²) in [5, 5.41) is 6.08. The van der Waals surface area contributed by atoms with Crippen LogP contribution < -0.4 is 20.4 Å². The summed E-state index contributed by atoms with van der Waals surface area (Å²) in [6.07, 6.45) is 0.142. The van der Waals surface area contributed by atoms with Gasteiger partial charge in [-0.2, -0.15) is 0 Å². The lowest BCUT2D eigenvalue weighted by Gasteiger charge is -2.18. The Morgan fingerprint density at radius 1 is 1.07 bits per heavy atom. The Balaban J connectivity index is 1.41. The summed E-state index contributed by atoms with van der Waals surface area (Å²) in [5.41, 5.74) is 2.02. The molecule has 2 aliphatic rings. The first-order valence-corrected chi connectivity index (χ1v) is 9.42. The van der Waals surface area contributed by atoms with Gasteiger partial charge in [0.05, 0.1) is 16.6 Å². The Morgan fingerprint density at radius 3 is 2.50 bits per heavy atom. The number of urea groups is 1. The molecule has 0 aromatic heterocycles. The van der Waals surface area contributed by atoms with E-state index in [0.29, 0.717) is 36.0 Å². The number of carbonyl (C=O) groups is 3. The van der Waals surface area contributed by atoms with Crippen molar-refractivity contribution in [1.82, 2.24) is 5.32 Å². The van der Waals surface area contributed by atoms with Crippen LogP contribution in [0.25, 0.3) is 0 Å². The first-order valence-electron chi connectivity index (χ1n) is 9.04. The van der Waals surface area contributed by atoms with Crippen molar-refractivity contribution in [3.63, 3.8) is 0 Å². The van der Waals surface area contributed by atoms with Crippen molar-refractivity contribution in [3.8, 4) is 0 Å². The molecule has 4 amide bonds. The van der Waals surface area contributed by atoms with E-state index in [4.69, 9.17) is 11.6 Å². The number of hydrogen-bond acceptors (Lipinski definition) is 3. The van der Waals surface area contributed by atoms with Crippen LogP contribution in [0.4, 0.5) is 21.9 Å². The fraction of sp³-hybridized carbons (Fsp3) is 0.250. The summed E-state index contributed by atoms with van der Waals surface area (Å²) in [6, 6.07) is 14.1. The zero-order valence-electron chi connectivity index (χ0n) is 15.0. The maximum Gasteiger partial charge on any atom is 0.321 e. The van der Waals surface area contributed by atoms with Crippen LogP contribution in [0.3, 0.4) is 0 Å². The van der Waals surface area contributed by atoms with E-state index >= 15 is 0 Å². The fourth-order valence-electron chi connectivity index (χ4n) is 3.47. The zero-order chi connectivity index (χ0) is 19.7. The van der Waals surface area contributed by atoms with Crippen LogP contribution in [0.2, 0.25) is 5.02 Å². The van der Waals surface area contributed by atoms with Crippen molar-refractivity contribution in [2.75, 3.05) is 34.8 Å². The molecule has 0 radical (unpaired) electrons. The third-order valence-electron chi connectivity index (χ3n) is 4.94. The van der Waals surface area contributed by atoms with Gasteiger partial charge in [0, 0.05) is 37.4 Å². The molecular weight excluding hydrogens is 380 g/mol. The van der Waals surface area contributed by atoms with Crippen molar-refractivity contribution in [1.29, 1.82) is 0 Å². The third-order valence-corrected chi connectivity index (χ3v) is 5.26. The molecule has 7 nitrogen and oxygen atoms in total. The Labute approximate surface area is 167 Å². The average molecular weight is 399 g/mol. The number of nitrogens with one attached hydrogen (secondary N) is 2. The van der Waals surface area contributed by atoms with Gasteiger partial charge in [0.15, 0.2) is 0 Å². The van der Waals surface area contributed by atoms with Gasteiger partial charge in [-0.15, -0.1) is 0 Å². The maximum atomic E-state index is 12.6. The van der Waals surface area contributed by atoms with Crippen LogP contribution in [0.1, 0.15) is 6.42 Å². The number of nitrogens with zero attached hydrogens (tertiary/aromatic N) is 2. The van der Waals surface area contributed by atoms with Crippen molar-refractivity contribution < 1.29 is 14.4 Å². The largest absolute Gasteiger partial charge is 0.336 e. The number of para-hydroxylation sites is 1. The lowest BCUT2D eigenvalue weighted by molar-refractivity contribution is -0.122. The van der Waals surface area contributed by atoms with Crippen molar-refractivity contribution in [2.24, 2.45) is 5.92 Å². The summed E-state index contributed by atoms with van der Waals surface area (Å²) in [5.74, 6) is -0.786. The van der Waals surface area contributed by atoms with Crippen LogP contribution in [-0.2, 0) is 9.59 Å².